The van der Waals surface area contributed by atoms with E-state index in [2.05, 4.69) is 6.07 Å². The standard InChI is InChI=1S/C16H19NO2/c1-10-4-6-13(11(2)8-10)16(18)12-5-7-15(19-3)14(17)9-12/h4-9,16,18H,17H2,1-3H3. The number of hydrogen-bond acceptors (Lipinski definition) is 3. The van der Waals surface area contributed by atoms with Gasteiger partial charge in [0.1, 0.15) is 11.9 Å². The van der Waals surface area contributed by atoms with E-state index in [0.29, 0.717) is 11.4 Å². The van der Waals surface area contributed by atoms with Crippen molar-refractivity contribution in [2.24, 2.45) is 0 Å². The lowest BCUT2D eigenvalue weighted by Gasteiger charge is -2.16. The number of anilines is 1. The van der Waals surface area contributed by atoms with E-state index in [1.165, 1.54) is 5.56 Å². The number of aryl methyl sites for hydroxylation is 2. The summed E-state index contributed by atoms with van der Waals surface area (Å²) in [4.78, 5) is 0. The van der Waals surface area contributed by atoms with Gasteiger partial charge in [0.25, 0.3) is 0 Å². The van der Waals surface area contributed by atoms with Crippen LogP contribution in [-0.4, -0.2) is 12.2 Å². The number of ether oxygens (including phenoxy) is 1. The first-order valence-corrected chi connectivity index (χ1v) is 6.21. The number of aliphatic hydroxyl groups is 1. The number of methoxy groups -OCH3 is 1. The molecule has 1 atom stereocenters. The van der Waals surface area contributed by atoms with Crippen LogP contribution in [0.3, 0.4) is 0 Å². The Balaban J connectivity index is 2.38. The second kappa shape index (κ2) is 5.33. The second-order valence-corrected chi connectivity index (χ2v) is 4.76. The molecule has 3 N–H and O–H groups in total. The Morgan fingerprint density at radius 3 is 2.42 bits per heavy atom. The van der Waals surface area contributed by atoms with Crippen molar-refractivity contribution < 1.29 is 9.84 Å². The first-order chi connectivity index (χ1) is 9.02. The van der Waals surface area contributed by atoms with Gasteiger partial charge in [-0.05, 0) is 42.7 Å². The maximum atomic E-state index is 10.5. The molecule has 2 rings (SSSR count). The summed E-state index contributed by atoms with van der Waals surface area (Å²) in [6.45, 7) is 4.03. The average Bonchev–Trinajstić information content (AvgIpc) is 2.38. The van der Waals surface area contributed by atoms with Crippen LogP contribution in [0.1, 0.15) is 28.4 Å². The van der Waals surface area contributed by atoms with Crippen LogP contribution >= 0.6 is 0 Å². The Kier molecular flexibility index (Phi) is 3.76. The molecule has 0 radical (unpaired) electrons. The molecule has 0 aromatic heterocycles. The van der Waals surface area contributed by atoms with Crippen molar-refractivity contribution in [1.29, 1.82) is 0 Å². The summed E-state index contributed by atoms with van der Waals surface area (Å²) in [7, 11) is 1.58. The highest BCUT2D eigenvalue weighted by atomic mass is 16.5. The van der Waals surface area contributed by atoms with Crippen molar-refractivity contribution >= 4 is 5.69 Å². The minimum absolute atomic E-state index is 0.531. The predicted molar refractivity (Wildman–Crippen MR) is 77.4 cm³/mol. The fourth-order valence-electron chi connectivity index (χ4n) is 2.23. The van der Waals surface area contributed by atoms with E-state index in [1.807, 2.05) is 32.0 Å². The molecule has 0 aliphatic carbocycles. The van der Waals surface area contributed by atoms with E-state index in [1.54, 1.807) is 19.2 Å². The Bertz CT molecular complexity index is 593. The second-order valence-electron chi connectivity index (χ2n) is 4.76. The van der Waals surface area contributed by atoms with Gasteiger partial charge < -0.3 is 15.6 Å². The molecule has 3 nitrogen and oxygen atoms in total. The molecule has 2 aromatic carbocycles. The molecule has 0 aliphatic rings. The summed E-state index contributed by atoms with van der Waals surface area (Å²) in [6.07, 6.45) is -0.672. The maximum absolute atomic E-state index is 10.5. The number of nitrogens with two attached hydrogens (primary N) is 1. The van der Waals surface area contributed by atoms with Crippen molar-refractivity contribution in [2.45, 2.75) is 20.0 Å². The van der Waals surface area contributed by atoms with Gasteiger partial charge in [0.15, 0.2) is 0 Å². The molecule has 1 unspecified atom stereocenters. The van der Waals surface area contributed by atoms with E-state index < -0.39 is 6.10 Å². The molecule has 0 spiro atoms. The zero-order valence-electron chi connectivity index (χ0n) is 11.5. The largest absolute Gasteiger partial charge is 0.495 e. The van der Waals surface area contributed by atoms with Crippen LogP contribution in [0.4, 0.5) is 5.69 Å². The molecule has 0 saturated heterocycles. The van der Waals surface area contributed by atoms with Crippen LogP contribution in [0.2, 0.25) is 0 Å². The summed E-state index contributed by atoms with van der Waals surface area (Å²) >= 11 is 0. The summed E-state index contributed by atoms with van der Waals surface area (Å²) in [5, 5.41) is 10.5. The normalized spacial score (nSPS) is 12.2. The minimum atomic E-state index is -0.672. The minimum Gasteiger partial charge on any atom is -0.495 e. The predicted octanol–water partition coefficient (Wildman–Crippen LogP) is 2.98. The van der Waals surface area contributed by atoms with Crippen molar-refractivity contribution in [3.63, 3.8) is 0 Å². The van der Waals surface area contributed by atoms with Crippen LogP contribution in [0.25, 0.3) is 0 Å². The lowest BCUT2D eigenvalue weighted by atomic mass is 9.96. The highest BCUT2D eigenvalue weighted by molar-refractivity contribution is 5.55. The molecular formula is C16H19NO2. The van der Waals surface area contributed by atoms with Crippen LogP contribution in [-0.2, 0) is 0 Å². The third-order valence-electron chi connectivity index (χ3n) is 3.29. The van der Waals surface area contributed by atoms with Gasteiger partial charge in [0, 0.05) is 0 Å². The highest BCUT2D eigenvalue weighted by Crippen LogP contribution is 2.30. The molecule has 0 saturated carbocycles. The van der Waals surface area contributed by atoms with E-state index >= 15 is 0 Å². The summed E-state index contributed by atoms with van der Waals surface area (Å²) in [6, 6.07) is 11.4. The molecule has 3 heteroatoms. The number of rotatable bonds is 3. The van der Waals surface area contributed by atoms with Gasteiger partial charge in [-0.15, -0.1) is 0 Å². The van der Waals surface area contributed by atoms with Crippen LogP contribution in [0, 0.1) is 13.8 Å². The van der Waals surface area contributed by atoms with Crippen LogP contribution in [0.5, 0.6) is 5.75 Å². The van der Waals surface area contributed by atoms with Crippen molar-refractivity contribution in [1.82, 2.24) is 0 Å². The van der Waals surface area contributed by atoms with E-state index in [9.17, 15) is 5.11 Å². The molecule has 19 heavy (non-hydrogen) atoms. The quantitative estimate of drug-likeness (QED) is 0.831. The van der Waals surface area contributed by atoms with Crippen LogP contribution in [0.15, 0.2) is 36.4 Å². The number of aliphatic hydroxyl groups excluding tert-OH is 1. The topological polar surface area (TPSA) is 55.5 Å². The maximum Gasteiger partial charge on any atom is 0.141 e. The number of benzene rings is 2. The van der Waals surface area contributed by atoms with Gasteiger partial charge in [-0.1, -0.05) is 29.8 Å². The van der Waals surface area contributed by atoms with Crippen molar-refractivity contribution in [3.8, 4) is 5.75 Å². The molecule has 0 fully saturated rings. The lowest BCUT2D eigenvalue weighted by Crippen LogP contribution is -2.03. The average molecular weight is 257 g/mol. The third-order valence-corrected chi connectivity index (χ3v) is 3.29. The Morgan fingerprint density at radius 2 is 1.84 bits per heavy atom. The SMILES string of the molecule is COc1ccc(C(O)c2ccc(C)cc2C)cc1N. The summed E-state index contributed by atoms with van der Waals surface area (Å²) in [5.74, 6) is 0.622. The Labute approximate surface area is 113 Å². The zero-order valence-corrected chi connectivity index (χ0v) is 11.5. The van der Waals surface area contributed by atoms with E-state index in [0.717, 1.165) is 16.7 Å². The molecule has 2 aromatic rings. The Hall–Kier alpha value is -2.00. The molecule has 0 amide bonds. The molecular weight excluding hydrogens is 238 g/mol. The van der Waals surface area contributed by atoms with E-state index in [-0.39, 0.29) is 0 Å². The molecule has 0 aliphatic heterocycles. The van der Waals surface area contributed by atoms with Crippen LogP contribution < -0.4 is 10.5 Å². The van der Waals surface area contributed by atoms with Gasteiger partial charge in [-0.25, -0.2) is 0 Å². The Morgan fingerprint density at radius 1 is 1.11 bits per heavy atom. The van der Waals surface area contributed by atoms with Crippen molar-refractivity contribution in [3.05, 3.63) is 58.7 Å². The van der Waals surface area contributed by atoms with Gasteiger partial charge in [0.2, 0.25) is 0 Å². The smallest absolute Gasteiger partial charge is 0.141 e. The highest BCUT2D eigenvalue weighted by Gasteiger charge is 2.14. The zero-order chi connectivity index (χ0) is 14.0. The molecule has 0 bridgehead atoms. The lowest BCUT2D eigenvalue weighted by molar-refractivity contribution is 0.219. The molecule has 100 valence electrons. The number of hydrogen-bond donors (Lipinski definition) is 2. The van der Waals surface area contributed by atoms with E-state index in [4.69, 9.17) is 10.5 Å². The first kappa shape index (κ1) is 13.4. The van der Waals surface area contributed by atoms with Gasteiger partial charge in [0.05, 0.1) is 12.8 Å². The van der Waals surface area contributed by atoms with Gasteiger partial charge in [-0.2, -0.15) is 0 Å². The van der Waals surface area contributed by atoms with Crippen molar-refractivity contribution in [2.75, 3.05) is 12.8 Å². The fraction of sp³-hybridized carbons (Fsp3) is 0.250. The fourth-order valence-corrected chi connectivity index (χ4v) is 2.23. The van der Waals surface area contributed by atoms with Gasteiger partial charge >= 0.3 is 0 Å². The third kappa shape index (κ3) is 2.71. The first-order valence-electron chi connectivity index (χ1n) is 6.21. The summed E-state index contributed by atoms with van der Waals surface area (Å²) in [5.41, 5.74) is 10.3. The van der Waals surface area contributed by atoms with Gasteiger partial charge in [-0.3, -0.25) is 0 Å². The monoisotopic (exact) mass is 257 g/mol. The molecule has 0 heterocycles. The number of nitrogen functional groups attached to an aromatic ring is 1. The summed E-state index contributed by atoms with van der Waals surface area (Å²) < 4.78 is 5.12.